The molecule has 0 aliphatic carbocycles. The van der Waals surface area contributed by atoms with Crippen molar-refractivity contribution < 1.29 is 22.7 Å². The van der Waals surface area contributed by atoms with Crippen LogP contribution in [0.2, 0.25) is 0 Å². The molecule has 0 radical (unpaired) electrons. The van der Waals surface area contributed by atoms with Crippen molar-refractivity contribution in [3.63, 3.8) is 0 Å². The second-order valence-corrected chi connectivity index (χ2v) is 11.0. The van der Waals surface area contributed by atoms with E-state index in [-0.39, 0.29) is 29.4 Å². The molecule has 1 atom stereocenters. The lowest BCUT2D eigenvalue weighted by atomic mass is 9.82. The van der Waals surface area contributed by atoms with E-state index < -0.39 is 23.3 Å². The molecule has 1 unspecified atom stereocenters. The van der Waals surface area contributed by atoms with Gasteiger partial charge >= 0.3 is 6.18 Å². The molecule has 0 saturated heterocycles. The number of benzene rings is 2. The number of hydrogen-bond donors (Lipinski definition) is 2. The van der Waals surface area contributed by atoms with Gasteiger partial charge in [-0.2, -0.15) is 18.4 Å². The zero-order valence-electron chi connectivity index (χ0n) is 24.5. The fraction of sp³-hybridized carbons (Fsp3) is 0.419. The Morgan fingerprint density at radius 2 is 1.91 bits per heavy atom. The average molecular weight is 615 g/mol. The minimum atomic E-state index is -4.57. The number of ketones is 1. The van der Waals surface area contributed by atoms with E-state index in [1.807, 2.05) is 23.6 Å². The number of nitrogens with one attached hydrogen (secondary N) is 1. The van der Waals surface area contributed by atoms with Crippen LogP contribution >= 0.6 is 12.2 Å². The topological polar surface area (TPSA) is 109 Å². The molecule has 0 aliphatic rings. The molecule has 0 amide bonds. The number of halogens is 3. The molecule has 0 fully saturated rings. The first kappa shape index (κ1) is 33.7. The van der Waals surface area contributed by atoms with Gasteiger partial charge in [-0.3, -0.25) is 4.79 Å². The van der Waals surface area contributed by atoms with Crippen LogP contribution < -0.4 is 11.1 Å². The minimum Gasteiger partial charge on any atom is -0.382 e. The third kappa shape index (κ3) is 9.10. The molecule has 0 bridgehead atoms. The first-order valence-corrected chi connectivity index (χ1v) is 14.3. The van der Waals surface area contributed by atoms with E-state index in [1.165, 1.54) is 23.1 Å². The summed E-state index contributed by atoms with van der Waals surface area (Å²) in [6.07, 6.45) is -1.78. The molecule has 0 saturated carbocycles. The Kier molecular flexibility index (Phi) is 11.8. The molecule has 1 heterocycles. The van der Waals surface area contributed by atoms with Crippen molar-refractivity contribution in [2.24, 2.45) is 11.1 Å². The van der Waals surface area contributed by atoms with Crippen LogP contribution in [0.25, 0.3) is 0 Å². The molecule has 1 aromatic heterocycles. The Morgan fingerprint density at radius 3 is 2.56 bits per heavy atom. The third-order valence-electron chi connectivity index (χ3n) is 7.24. The van der Waals surface area contributed by atoms with E-state index in [9.17, 15) is 18.0 Å². The van der Waals surface area contributed by atoms with E-state index in [4.69, 9.17) is 28.0 Å². The summed E-state index contributed by atoms with van der Waals surface area (Å²) in [6, 6.07) is 14.5. The summed E-state index contributed by atoms with van der Waals surface area (Å²) < 4.78 is 48.7. The van der Waals surface area contributed by atoms with Crippen LogP contribution in [-0.4, -0.2) is 51.3 Å². The van der Waals surface area contributed by atoms with Crippen molar-refractivity contribution in [3.05, 3.63) is 89.0 Å². The van der Waals surface area contributed by atoms with E-state index in [0.717, 1.165) is 11.6 Å². The number of Topliss-reactive ketones (excluding diaryl/α,β-unsaturated/α-hetero) is 1. The monoisotopic (exact) mass is 614 g/mol. The van der Waals surface area contributed by atoms with Crippen molar-refractivity contribution in [2.45, 2.75) is 59.0 Å². The second kappa shape index (κ2) is 15.1. The Balaban J connectivity index is 1.82. The second-order valence-electron chi connectivity index (χ2n) is 10.7. The van der Waals surface area contributed by atoms with Gasteiger partial charge in [-0.15, -0.1) is 0 Å². The fourth-order valence-electron chi connectivity index (χ4n) is 4.50. The highest BCUT2D eigenvalue weighted by Crippen LogP contribution is 2.34. The highest BCUT2D eigenvalue weighted by atomic mass is 32.1. The molecule has 8 nitrogen and oxygen atoms in total. The molecule has 0 aliphatic heterocycles. The maximum atomic E-state index is 13.8. The number of nitrogens with two attached hydrogens (primary N) is 1. The highest BCUT2D eigenvalue weighted by molar-refractivity contribution is 7.80. The average Bonchev–Trinajstić information content (AvgIpc) is 3.41. The summed E-state index contributed by atoms with van der Waals surface area (Å²) >= 11 is 5.62. The number of alkyl halides is 3. The summed E-state index contributed by atoms with van der Waals surface area (Å²) in [5.74, 6) is -0.227. The summed E-state index contributed by atoms with van der Waals surface area (Å²) in [4.78, 5) is 19.4. The van der Waals surface area contributed by atoms with Gasteiger partial charge in [0, 0.05) is 51.2 Å². The number of carbonyl (C=O) groups excluding carboxylic acids is 1. The number of imidazole rings is 1. The molecular weight excluding hydrogens is 577 g/mol. The maximum absolute atomic E-state index is 13.8. The number of ether oxygens (including phenoxy) is 1. The van der Waals surface area contributed by atoms with Gasteiger partial charge in [0.1, 0.15) is 5.78 Å². The molecule has 230 valence electrons. The minimum absolute atomic E-state index is 0.00148. The van der Waals surface area contributed by atoms with Crippen molar-refractivity contribution >= 4 is 23.1 Å². The standard InChI is InChI=1S/C31H37F3N6O2S/c1-4-42-15-7-14-38-29(43)40(20-24-8-5-6-9-26(24)31(32,33)34)28(36)30(2,3)27(41)16-25-18-37-21-39(25)19-23-12-10-22(17-35)11-13-23/h5-6,8-13,18,21,28H,4,7,14-16,19-20,36H2,1-3H3,(H,38,43). The van der Waals surface area contributed by atoms with Gasteiger partial charge in [0.15, 0.2) is 5.11 Å². The third-order valence-corrected chi connectivity index (χ3v) is 7.62. The first-order chi connectivity index (χ1) is 20.4. The molecule has 3 rings (SSSR count). The Morgan fingerprint density at radius 1 is 1.21 bits per heavy atom. The van der Waals surface area contributed by atoms with Crippen molar-refractivity contribution in [3.8, 4) is 6.07 Å². The van der Waals surface area contributed by atoms with Crippen LogP contribution in [0.15, 0.2) is 61.1 Å². The molecule has 2 aromatic carbocycles. The van der Waals surface area contributed by atoms with Gasteiger partial charge in [-0.1, -0.05) is 30.3 Å². The molecule has 12 heteroatoms. The fourth-order valence-corrected chi connectivity index (χ4v) is 4.78. The van der Waals surface area contributed by atoms with Crippen LogP contribution in [0.3, 0.4) is 0 Å². The number of aromatic nitrogens is 2. The summed E-state index contributed by atoms with van der Waals surface area (Å²) in [7, 11) is 0. The predicted molar refractivity (Wildman–Crippen MR) is 162 cm³/mol. The SMILES string of the molecule is CCOCCCNC(=S)N(Cc1ccccc1C(F)(F)F)C(N)C(C)(C)C(=O)Cc1cncn1Cc1ccc(C#N)cc1. The highest BCUT2D eigenvalue weighted by Gasteiger charge is 2.40. The van der Waals surface area contributed by atoms with E-state index >= 15 is 0 Å². The van der Waals surface area contributed by atoms with Crippen LogP contribution in [0.1, 0.15) is 55.1 Å². The van der Waals surface area contributed by atoms with E-state index in [2.05, 4.69) is 16.4 Å². The molecule has 3 aromatic rings. The van der Waals surface area contributed by atoms with Gasteiger partial charge in [0.2, 0.25) is 0 Å². The zero-order valence-corrected chi connectivity index (χ0v) is 25.3. The molecule has 3 N–H and O–H groups in total. The normalized spacial score (nSPS) is 12.4. The van der Waals surface area contributed by atoms with Gasteiger partial charge in [0.25, 0.3) is 0 Å². The Bertz CT molecular complexity index is 1420. The van der Waals surface area contributed by atoms with Crippen molar-refractivity contribution in [1.29, 1.82) is 5.26 Å². The number of hydrogen-bond acceptors (Lipinski definition) is 6. The number of thiocarbonyl (C=S) groups is 1. The summed E-state index contributed by atoms with van der Waals surface area (Å²) in [5, 5.41) is 12.3. The van der Waals surface area contributed by atoms with Crippen molar-refractivity contribution in [1.82, 2.24) is 19.8 Å². The lowest BCUT2D eigenvalue weighted by Gasteiger charge is -2.40. The van der Waals surface area contributed by atoms with Crippen LogP contribution in [-0.2, 0) is 35.2 Å². The van der Waals surface area contributed by atoms with Gasteiger partial charge in [0.05, 0.1) is 35.1 Å². The van der Waals surface area contributed by atoms with Gasteiger partial charge < -0.3 is 25.3 Å². The van der Waals surface area contributed by atoms with Crippen LogP contribution in [0.5, 0.6) is 0 Å². The zero-order chi connectivity index (χ0) is 31.6. The number of rotatable bonds is 14. The summed E-state index contributed by atoms with van der Waals surface area (Å²) in [5.41, 5.74) is 6.81. The lowest BCUT2D eigenvalue weighted by molar-refractivity contribution is -0.138. The van der Waals surface area contributed by atoms with Crippen LogP contribution in [0.4, 0.5) is 13.2 Å². The van der Waals surface area contributed by atoms with Crippen LogP contribution in [0, 0.1) is 16.7 Å². The van der Waals surface area contributed by atoms with E-state index in [0.29, 0.717) is 44.0 Å². The lowest BCUT2D eigenvalue weighted by Crippen LogP contribution is -2.58. The number of carbonyl (C=O) groups is 1. The Labute approximate surface area is 255 Å². The smallest absolute Gasteiger partial charge is 0.382 e. The molecule has 43 heavy (non-hydrogen) atoms. The predicted octanol–water partition coefficient (Wildman–Crippen LogP) is 5.05. The molecular formula is C31H37F3N6O2S. The maximum Gasteiger partial charge on any atom is 0.416 e. The first-order valence-electron chi connectivity index (χ1n) is 13.9. The van der Waals surface area contributed by atoms with Gasteiger partial charge in [-0.25, -0.2) is 4.98 Å². The number of nitriles is 1. The van der Waals surface area contributed by atoms with E-state index in [1.54, 1.807) is 38.5 Å². The molecule has 0 spiro atoms. The summed E-state index contributed by atoms with van der Waals surface area (Å²) in [6.45, 7) is 6.90. The Hall–Kier alpha value is -3.79. The van der Waals surface area contributed by atoms with Gasteiger partial charge in [-0.05, 0) is 68.7 Å². The quantitative estimate of drug-likeness (QED) is 0.148. The largest absolute Gasteiger partial charge is 0.416 e. The van der Waals surface area contributed by atoms with Crippen molar-refractivity contribution in [2.75, 3.05) is 19.8 Å². The number of nitrogens with zero attached hydrogens (tertiary/aromatic N) is 4.